The van der Waals surface area contributed by atoms with E-state index in [4.69, 9.17) is 15.2 Å². The van der Waals surface area contributed by atoms with Gasteiger partial charge in [0.25, 0.3) is 0 Å². The second kappa shape index (κ2) is 8.54. The van der Waals surface area contributed by atoms with Gasteiger partial charge in [-0.3, -0.25) is 0 Å². The zero-order valence-corrected chi connectivity index (χ0v) is 17.3. The molecule has 0 aromatic heterocycles. The number of hydrogen-bond acceptors (Lipinski definition) is 6. The van der Waals surface area contributed by atoms with E-state index in [9.17, 15) is 14.4 Å². The maximum absolute atomic E-state index is 13.1. The maximum Gasteiger partial charge on any atom is 0.343 e. The largest absolute Gasteiger partial charge is 0.440 e. The number of nitrogens with two attached hydrogens (primary N) is 1. The van der Waals surface area contributed by atoms with Crippen molar-refractivity contribution in [3.63, 3.8) is 0 Å². The number of carbonyl (C=O) groups is 1. The van der Waals surface area contributed by atoms with Crippen LogP contribution in [-0.4, -0.2) is 12.2 Å². The van der Waals surface area contributed by atoms with Gasteiger partial charge in [0.2, 0.25) is 5.88 Å². The van der Waals surface area contributed by atoms with Crippen molar-refractivity contribution in [1.29, 1.82) is 5.26 Å². The summed E-state index contributed by atoms with van der Waals surface area (Å²) < 4.78 is 24.1. The number of benzene rings is 3. The highest BCUT2D eigenvalue weighted by molar-refractivity contribution is 7.98. The van der Waals surface area contributed by atoms with E-state index < -0.39 is 17.7 Å². The number of esters is 1. The molecule has 3 aromatic rings. The molecule has 0 radical (unpaired) electrons. The predicted molar refractivity (Wildman–Crippen MR) is 115 cm³/mol. The number of nitrogens with zero attached hydrogens (tertiary/aromatic N) is 1. The number of allylic oxidation sites excluding steroid dienone is 1. The second-order valence-corrected chi connectivity index (χ2v) is 7.67. The fraction of sp³-hybridized carbons (Fsp3) is 0.0833. The summed E-state index contributed by atoms with van der Waals surface area (Å²) in [5, 5.41) is 9.67. The Balaban J connectivity index is 1.67. The normalized spacial score (nSPS) is 14.9. The third-order valence-corrected chi connectivity index (χ3v) is 5.67. The summed E-state index contributed by atoms with van der Waals surface area (Å²) in [6.45, 7) is 0. The van der Waals surface area contributed by atoms with E-state index in [1.165, 1.54) is 24.3 Å². The van der Waals surface area contributed by atoms with Crippen molar-refractivity contribution in [2.45, 2.75) is 10.8 Å². The van der Waals surface area contributed by atoms with Crippen LogP contribution < -0.4 is 15.2 Å². The van der Waals surface area contributed by atoms with E-state index in [0.29, 0.717) is 11.3 Å². The Morgan fingerprint density at radius 1 is 1.13 bits per heavy atom. The minimum Gasteiger partial charge on any atom is -0.440 e. The molecule has 0 saturated heterocycles. The van der Waals surface area contributed by atoms with Crippen LogP contribution in [0.4, 0.5) is 4.39 Å². The van der Waals surface area contributed by atoms with E-state index in [-0.39, 0.29) is 17.2 Å². The number of nitriles is 1. The summed E-state index contributed by atoms with van der Waals surface area (Å²) in [6.07, 6.45) is 1.99. The van der Waals surface area contributed by atoms with Crippen molar-refractivity contribution in [3.8, 4) is 17.6 Å². The molecule has 4 rings (SSSR count). The van der Waals surface area contributed by atoms with Crippen LogP contribution in [0, 0.1) is 17.1 Å². The van der Waals surface area contributed by atoms with Crippen molar-refractivity contribution in [2.75, 3.05) is 6.26 Å². The third kappa shape index (κ3) is 4.11. The van der Waals surface area contributed by atoms with Gasteiger partial charge in [0.1, 0.15) is 29.0 Å². The summed E-state index contributed by atoms with van der Waals surface area (Å²) in [5.74, 6) is -0.799. The van der Waals surface area contributed by atoms with Gasteiger partial charge in [0.05, 0.1) is 11.5 Å². The van der Waals surface area contributed by atoms with Crippen LogP contribution in [0.25, 0.3) is 0 Å². The number of thioether (sulfide) groups is 1. The van der Waals surface area contributed by atoms with Crippen molar-refractivity contribution in [3.05, 3.63) is 101 Å². The lowest BCUT2D eigenvalue weighted by atomic mass is 9.83. The molecule has 0 fully saturated rings. The Labute approximate surface area is 182 Å². The van der Waals surface area contributed by atoms with Crippen LogP contribution in [0.5, 0.6) is 11.5 Å². The van der Waals surface area contributed by atoms with Gasteiger partial charge in [-0.05, 0) is 54.3 Å². The molecule has 0 amide bonds. The van der Waals surface area contributed by atoms with E-state index in [1.54, 1.807) is 30.0 Å². The van der Waals surface area contributed by atoms with Gasteiger partial charge < -0.3 is 15.2 Å². The fourth-order valence-corrected chi connectivity index (χ4v) is 3.80. The van der Waals surface area contributed by atoms with E-state index in [0.717, 1.165) is 16.0 Å². The molecule has 31 heavy (non-hydrogen) atoms. The minimum absolute atomic E-state index is 0.0101. The lowest BCUT2D eigenvalue weighted by Crippen LogP contribution is -2.21. The van der Waals surface area contributed by atoms with Gasteiger partial charge in [-0.15, -0.1) is 11.8 Å². The first-order valence-corrected chi connectivity index (χ1v) is 10.6. The lowest BCUT2D eigenvalue weighted by Gasteiger charge is -2.26. The summed E-state index contributed by atoms with van der Waals surface area (Å²) >= 11 is 1.63. The Bertz CT molecular complexity index is 1220. The van der Waals surface area contributed by atoms with Crippen molar-refractivity contribution >= 4 is 17.7 Å². The first-order valence-electron chi connectivity index (χ1n) is 9.33. The fourth-order valence-electron chi connectivity index (χ4n) is 3.39. The highest BCUT2D eigenvalue weighted by atomic mass is 32.2. The van der Waals surface area contributed by atoms with Crippen molar-refractivity contribution in [1.82, 2.24) is 0 Å². The number of rotatable bonds is 4. The summed E-state index contributed by atoms with van der Waals surface area (Å²) in [7, 11) is 0. The SMILES string of the molecule is CSc1ccc(C2C(C#N)=C(N)Oc3cc(OC(=O)c4ccc(F)cc4)ccc32)cc1. The van der Waals surface area contributed by atoms with Crippen LogP contribution in [-0.2, 0) is 0 Å². The van der Waals surface area contributed by atoms with Crippen LogP contribution in [0.15, 0.2) is 83.1 Å². The molecule has 5 nitrogen and oxygen atoms in total. The Kier molecular flexibility index (Phi) is 5.65. The first-order chi connectivity index (χ1) is 15.0. The number of halogens is 1. The van der Waals surface area contributed by atoms with Crippen LogP contribution in [0.2, 0.25) is 0 Å². The molecule has 1 heterocycles. The van der Waals surface area contributed by atoms with Crippen LogP contribution in [0.3, 0.4) is 0 Å². The lowest BCUT2D eigenvalue weighted by molar-refractivity contribution is 0.0734. The van der Waals surface area contributed by atoms with Gasteiger partial charge in [-0.25, -0.2) is 9.18 Å². The van der Waals surface area contributed by atoms with Gasteiger partial charge in [0.15, 0.2) is 0 Å². The smallest absolute Gasteiger partial charge is 0.343 e. The quantitative estimate of drug-likeness (QED) is 0.355. The van der Waals surface area contributed by atoms with Gasteiger partial charge in [0, 0.05) is 16.5 Å². The number of hydrogen-bond donors (Lipinski definition) is 1. The second-order valence-electron chi connectivity index (χ2n) is 6.79. The molecule has 0 aliphatic carbocycles. The van der Waals surface area contributed by atoms with E-state index in [2.05, 4.69) is 6.07 Å². The molecule has 7 heteroatoms. The Morgan fingerprint density at radius 3 is 2.48 bits per heavy atom. The van der Waals surface area contributed by atoms with Gasteiger partial charge in [-0.1, -0.05) is 18.2 Å². The molecule has 0 spiro atoms. The zero-order valence-electron chi connectivity index (χ0n) is 16.5. The maximum atomic E-state index is 13.1. The predicted octanol–water partition coefficient (Wildman–Crippen LogP) is 4.98. The molecular formula is C24H17FN2O3S. The average molecular weight is 432 g/mol. The zero-order chi connectivity index (χ0) is 22.0. The minimum atomic E-state index is -0.624. The summed E-state index contributed by atoms with van der Waals surface area (Å²) in [6, 6.07) is 20.0. The number of carbonyl (C=O) groups excluding carboxylic acids is 1. The van der Waals surface area contributed by atoms with Crippen molar-refractivity contribution < 1.29 is 18.7 Å². The van der Waals surface area contributed by atoms with Gasteiger partial charge in [-0.2, -0.15) is 5.26 Å². The topological polar surface area (TPSA) is 85.3 Å². The molecule has 1 atom stereocenters. The molecule has 0 saturated carbocycles. The molecule has 154 valence electrons. The molecule has 1 unspecified atom stereocenters. The van der Waals surface area contributed by atoms with Gasteiger partial charge >= 0.3 is 5.97 Å². The summed E-state index contributed by atoms with van der Waals surface area (Å²) in [5.41, 5.74) is 8.21. The Hall–Kier alpha value is -3.76. The third-order valence-electron chi connectivity index (χ3n) is 4.93. The summed E-state index contributed by atoms with van der Waals surface area (Å²) in [4.78, 5) is 13.4. The van der Waals surface area contributed by atoms with Crippen LogP contribution in [0.1, 0.15) is 27.4 Å². The Morgan fingerprint density at radius 2 is 1.84 bits per heavy atom. The standard InChI is InChI=1S/C24H17FN2O3S/c1-31-18-9-4-14(5-10-18)22-19-11-8-17(12-21(19)30-23(27)20(22)13-26)29-24(28)15-2-6-16(25)7-3-15/h2-12,22H,27H2,1H3. The average Bonchev–Trinajstić information content (AvgIpc) is 2.78. The van der Waals surface area contributed by atoms with Crippen molar-refractivity contribution in [2.24, 2.45) is 5.73 Å². The van der Waals surface area contributed by atoms with E-state index in [1.807, 2.05) is 30.5 Å². The van der Waals surface area contributed by atoms with E-state index >= 15 is 0 Å². The first kappa shape index (κ1) is 20.5. The number of fused-ring (bicyclic) bond motifs is 1. The monoisotopic (exact) mass is 432 g/mol. The molecule has 3 aromatic carbocycles. The van der Waals surface area contributed by atoms with Crippen LogP contribution >= 0.6 is 11.8 Å². The molecule has 1 aliphatic rings. The molecule has 2 N–H and O–H groups in total. The molecule has 0 bridgehead atoms. The molecular weight excluding hydrogens is 415 g/mol. The molecule has 1 aliphatic heterocycles. The highest BCUT2D eigenvalue weighted by Crippen LogP contribution is 2.43. The highest BCUT2D eigenvalue weighted by Gasteiger charge is 2.31. The number of ether oxygens (including phenoxy) is 2.